The fraction of sp³-hybridized carbons (Fsp3) is 1.00. The molecule has 0 aromatic carbocycles. The standard InChI is InChI=1S/C4H10ClOPS/c1-4(2,3)6-7(5)8/h7H,1-3H3. The average Bonchev–Trinajstić information content (AvgIpc) is 1.21. The molecule has 0 bridgehead atoms. The average molecular weight is 173 g/mol. The summed E-state index contributed by atoms with van der Waals surface area (Å²) in [6.45, 7) is 5.81. The van der Waals surface area contributed by atoms with Gasteiger partial charge in [0.15, 0.2) is 0 Å². The molecule has 1 nitrogen and oxygen atoms in total. The van der Waals surface area contributed by atoms with Gasteiger partial charge < -0.3 is 4.52 Å². The first-order valence-electron chi connectivity index (χ1n) is 2.30. The molecule has 0 spiro atoms. The number of rotatable bonds is 1. The molecular formula is C4H10ClOPS. The Kier molecular flexibility index (Phi) is 3.52. The van der Waals surface area contributed by atoms with Crippen LogP contribution in [0, 0.1) is 0 Å². The van der Waals surface area contributed by atoms with Gasteiger partial charge in [0.2, 0.25) is 0 Å². The Morgan fingerprint density at radius 2 is 1.88 bits per heavy atom. The molecule has 0 rings (SSSR count). The first-order chi connectivity index (χ1) is 3.42. The van der Waals surface area contributed by atoms with Crippen molar-refractivity contribution in [2.75, 3.05) is 0 Å². The van der Waals surface area contributed by atoms with Crippen molar-refractivity contribution >= 4 is 29.3 Å². The molecule has 0 heterocycles. The van der Waals surface area contributed by atoms with Crippen molar-refractivity contribution in [1.29, 1.82) is 0 Å². The van der Waals surface area contributed by atoms with Gasteiger partial charge in [0.25, 0.3) is 0 Å². The zero-order valence-corrected chi connectivity index (χ0v) is 7.77. The van der Waals surface area contributed by atoms with Crippen LogP contribution in [0.5, 0.6) is 0 Å². The number of hydrogen-bond acceptors (Lipinski definition) is 2. The van der Waals surface area contributed by atoms with Gasteiger partial charge in [-0.1, -0.05) is 23.0 Å². The smallest absolute Gasteiger partial charge is 0.139 e. The highest BCUT2D eigenvalue weighted by Gasteiger charge is 2.09. The number of hydrogen-bond donors (Lipinski definition) is 0. The van der Waals surface area contributed by atoms with Crippen molar-refractivity contribution in [1.82, 2.24) is 0 Å². The molecule has 0 aromatic heterocycles. The van der Waals surface area contributed by atoms with Crippen LogP contribution in [0.2, 0.25) is 0 Å². The Labute approximate surface area is 60.7 Å². The van der Waals surface area contributed by atoms with E-state index in [1.807, 2.05) is 20.8 Å². The summed E-state index contributed by atoms with van der Waals surface area (Å²) in [5, 5.41) is 0. The van der Waals surface area contributed by atoms with E-state index < -0.39 is 6.28 Å². The maximum Gasteiger partial charge on any atom is 0.139 e. The summed E-state index contributed by atoms with van der Waals surface area (Å²) < 4.78 is 5.12. The Hall–Kier alpha value is 0.900. The van der Waals surface area contributed by atoms with Crippen LogP contribution in [0.15, 0.2) is 0 Å². The lowest BCUT2D eigenvalue weighted by atomic mass is 10.2. The summed E-state index contributed by atoms with van der Waals surface area (Å²) in [6, 6.07) is 0. The minimum absolute atomic E-state index is 0.169. The van der Waals surface area contributed by atoms with Gasteiger partial charge in [0, 0.05) is 0 Å². The molecule has 0 amide bonds. The molecular weight excluding hydrogens is 163 g/mol. The van der Waals surface area contributed by atoms with Crippen LogP contribution in [0.4, 0.5) is 0 Å². The van der Waals surface area contributed by atoms with Crippen LogP contribution < -0.4 is 0 Å². The molecule has 1 unspecified atom stereocenters. The molecule has 0 aliphatic carbocycles. The van der Waals surface area contributed by atoms with E-state index in [4.69, 9.17) is 15.8 Å². The summed E-state index contributed by atoms with van der Waals surface area (Å²) in [6.07, 6.45) is -1.44. The molecule has 0 aliphatic heterocycles. The van der Waals surface area contributed by atoms with Gasteiger partial charge in [0.05, 0.1) is 5.60 Å². The van der Waals surface area contributed by atoms with E-state index in [0.717, 1.165) is 0 Å². The summed E-state index contributed by atoms with van der Waals surface area (Å²) in [5.41, 5.74) is -0.169. The van der Waals surface area contributed by atoms with E-state index in [2.05, 4.69) is 11.8 Å². The van der Waals surface area contributed by atoms with Crippen molar-refractivity contribution in [3.63, 3.8) is 0 Å². The highest BCUT2D eigenvalue weighted by molar-refractivity contribution is 8.14. The van der Waals surface area contributed by atoms with Gasteiger partial charge in [-0.05, 0) is 20.8 Å². The minimum atomic E-state index is -1.44. The zero-order chi connectivity index (χ0) is 6.78. The predicted molar refractivity (Wildman–Crippen MR) is 42.4 cm³/mol. The largest absolute Gasteiger partial charge is 0.334 e. The van der Waals surface area contributed by atoms with Crippen molar-refractivity contribution in [2.24, 2.45) is 0 Å². The van der Waals surface area contributed by atoms with E-state index in [-0.39, 0.29) is 5.60 Å². The van der Waals surface area contributed by atoms with Crippen LogP contribution in [-0.4, -0.2) is 5.60 Å². The van der Waals surface area contributed by atoms with Crippen molar-refractivity contribution in [3.05, 3.63) is 0 Å². The molecule has 50 valence electrons. The third-order valence-electron chi connectivity index (χ3n) is 0.386. The van der Waals surface area contributed by atoms with Crippen LogP contribution in [0.3, 0.4) is 0 Å². The van der Waals surface area contributed by atoms with Crippen LogP contribution in [0.1, 0.15) is 20.8 Å². The van der Waals surface area contributed by atoms with Gasteiger partial charge in [-0.15, -0.1) is 0 Å². The second-order valence-electron chi connectivity index (χ2n) is 2.45. The second kappa shape index (κ2) is 3.17. The lowest BCUT2D eigenvalue weighted by Gasteiger charge is -2.17. The monoisotopic (exact) mass is 172 g/mol. The maximum absolute atomic E-state index is 5.46. The van der Waals surface area contributed by atoms with Crippen LogP contribution in [-0.2, 0) is 16.3 Å². The molecule has 8 heavy (non-hydrogen) atoms. The molecule has 0 saturated heterocycles. The minimum Gasteiger partial charge on any atom is -0.334 e. The Morgan fingerprint density at radius 3 is 1.88 bits per heavy atom. The first-order valence-corrected chi connectivity index (χ1v) is 5.85. The SMILES string of the molecule is CC(C)(C)O[PH](=S)Cl. The van der Waals surface area contributed by atoms with Crippen LogP contribution in [0.25, 0.3) is 0 Å². The maximum atomic E-state index is 5.46. The van der Waals surface area contributed by atoms with Gasteiger partial charge in [-0.25, -0.2) is 0 Å². The zero-order valence-electron chi connectivity index (χ0n) is 5.19. The molecule has 0 aliphatic rings. The highest BCUT2D eigenvalue weighted by Crippen LogP contribution is 2.34. The summed E-state index contributed by atoms with van der Waals surface area (Å²) in [7, 11) is 0. The first kappa shape index (κ1) is 8.90. The number of halogens is 1. The van der Waals surface area contributed by atoms with Gasteiger partial charge in [0.1, 0.15) is 6.28 Å². The van der Waals surface area contributed by atoms with E-state index in [9.17, 15) is 0 Å². The Bertz CT molecular complexity index is 98.7. The van der Waals surface area contributed by atoms with Crippen molar-refractivity contribution in [3.8, 4) is 0 Å². The van der Waals surface area contributed by atoms with E-state index in [1.165, 1.54) is 0 Å². The van der Waals surface area contributed by atoms with Crippen molar-refractivity contribution in [2.45, 2.75) is 26.4 Å². The molecule has 0 fully saturated rings. The van der Waals surface area contributed by atoms with Gasteiger partial charge in [-0.3, -0.25) is 0 Å². The lowest BCUT2D eigenvalue weighted by molar-refractivity contribution is 0.160. The summed E-state index contributed by atoms with van der Waals surface area (Å²) in [4.78, 5) is 0. The highest BCUT2D eigenvalue weighted by atomic mass is 35.7. The molecule has 0 radical (unpaired) electrons. The molecule has 0 saturated carbocycles. The topological polar surface area (TPSA) is 9.23 Å². The molecule has 4 heteroatoms. The third kappa shape index (κ3) is 6.90. The van der Waals surface area contributed by atoms with Gasteiger partial charge in [-0.2, -0.15) is 0 Å². The molecule has 1 atom stereocenters. The Balaban J connectivity index is 3.55. The second-order valence-corrected chi connectivity index (χ2v) is 5.95. The fourth-order valence-electron chi connectivity index (χ4n) is 0.241. The summed E-state index contributed by atoms with van der Waals surface area (Å²) >= 11 is 10.1. The Morgan fingerprint density at radius 1 is 1.50 bits per heavy atom. The molecule has 0 N–H and O–H groups in total. The van der Waals surface area contributed by atoms with E-state index in [1.54, 1.807) is 0 Å². The van der Waals surface area contributed by atoms with Crippen molar-refractivity contribution < 1.29 is 4.52 Å². The van der Waals surface area contributed by atoms with Crippen LogP contribution >= 0.6 is 17.5 Å². The third-order valence-corrected chi connectivity index (χ3v) is 1.64. The quantitative estimate of drug-likeness (QED) is 0.563. The fourth-order valence-corrected chi connectivity index (χ4v) is 2.17. The predicted octanol–water partition coefficient (Wildman–Crippen LogP) is 2.55. The lowest BCUT2D eigenvalue weighted by Crippen LogP contribution is -2.13. The van der Waals surface area contributed by atoms with Gasteiger partial charge >= 0.3 is 0 Å². The van der Waals surface area contributed by atoms with E-state index in [0.29, 0.717) is 0 Å². The molecule has 0 aromatic rings. The normalized spacial score (nSPS) is 16.0. The summed E-state index contributed by atoms with van der Waals surface area (Å²) in [5.74, 6) is 0. The van der Waals surface area contributed by atoms with E-state index >= 15 is 0 Å².